The number of fused-ring (bicyclic) bond motifs is 1. The van der Waals surface area contributed by atoms with Crippen LogP contribution in [-0.4, -0.2) is 35.3 Å². The first-order valence-electron chi connectivity index (χ1n) is 10.3. The van der Waals surface area contributed by atoms with Crippen molar-refractivity contribution in [1.82, 2.24) is 0 Å². The summed E-state index contributed by atoms with van der Waals surface area (Å²) in [6.07, 6.45) is 5.03. The van der Waals surface area contributed by atoms with Crippen molar-refractivity contribution >= 4 is 40.5 Å². The minimum Gasteiger partial charge on any atom is -0.296 e. The number of ketones is 2. The van der Waals surface area contributed by atoms with E-state index < -0.39 is 6.04 Å². The van der Waals surface area contributed by atoms with Crippen molar-refractivity contribution in [2.45, 2.75) is 51.1 Å². The van der Waals surface area contributed by atoms with Gasteiger partial charge in [-0.05, 0) is 31.0 Å². The van der Waals surface area contributed by atoms with E-state index in [9.17, 15) is 14.4 Å². The van der Waals surface area contributed by atoms with Crippen LogP contribution in [-0.2, 0) is 4.79 Å². The Morgan fingerprint density at radius 3 is 2.37 bits per heavy atom. The van der Waals surface area contributed by atoms with Crippen LogP contribution in [0.2, 0.25) is 5.02 Å². The summed E-state index contributed by atoms with van der Waals surface area (Å²) in [6, 6.07) is 12.4. The van der Waals surface area contributed by atoms with Gasteiger partial charge in [0.15, 0.2) is 5.78 Å². The van der Waals surface area contributed by atoms with E-state index in [2.05, 4.69) is 0 Å². The van der Waals surface area contributed by atoms with Gasteiger partial charge in [0.1, 0.15) is 11.8 Å². The molecule has 1 amide bonds. The number of amides is 1. The Morgan fingerprint density at radius 1 is 1.00 bits per heavy atom. The molecule has 0 saturated heterocycles. The summed E-state index contributed by atoms with van der Waals surface area (Å²) >= 11 is 6.15. The number of carbonyl (C=O) groups is 3. The Labute approximate surface area is 180 Å². The number of hydrogen-bond acceptors (Lipinski definition) is 4. The van der Waals surface area contributed by atoms with E-state index in [1.54, 1.807) is 48.5 Å². The van der Waals surface area contributed by atoms with E-state index in [1.165, 1.54) is 11.8 Å². The number of carbonyl (C=O) groups excluding carboxylic acids is 3. The largest absolute Gasteiger partial charge is 0.296 e. The van der Waals surface area contributed by atoms with Gasteiger partial charge in [-0.2, -0.15) is 0 Å². The lowest BCUT2D eigenvalue weighted by Crippen LogP contribution is -2.55. The maximum atomic E-state index is 13.6. The second kappa shape index (κ2) is 8.52. The fourth-order valence-corrected chi connectivity index (χ4v) is 4.53. The molecule has 2 aromatic rings. The summed E-state index contributed by atoms with van der Waals surface area (Å²) in [5, 5.41) is 0.444. The van der Waals surface area contributed by atoms with Crippen LogP contribution in [0.25, 0.3) is 0 Å². The van der Waals surface area contributed by atoms with Gasteiger partial charge < -0.3 is 0 Å². The number of halogens is 1. The Morgan fingerprint density at radius 2 is 1.70 bits per heavy atom. The number of Topliss-reactive ketones (excluding diaryl/α,β-unsaturated/α-hetero) is 2. The minimum atomic E-state index is -1.09. The molecule has 1 saturated carbocycles. The smallest absolute Gasteiger partial charge is 0.224 e. The minimum absolute atomic E-state index is 0.00793. The number of nitrogens with zero attached hydrogens (tertiary/aromatic N) is 2. The molecule has 6 heteroatoms. The average Bonchev–Trinajstić information content (AvgIpc) is 2.75. The molecule has 2 aliphatic carbocycles. The predicted octanol–water partition coefficient (Wildman–Crippen LogP) is 4.91. The number of benzene rings is 2. The molecule has 0 spiro atoms. The molecule has 0 aliphatic heterocycles. The molecule has 0 bridgehead atoms. The van der Waals surface area contributed by atoms with Gasteiger partial charge in [-0.3, -0.25) is 24.3 Å². The highest BCUT2D eigenvalue weighted by Gasteiger charge is 2.43. The van der Waals surface area contributed by atoms with Gasteiger partial charge in [0.25, 0.3) is 0 Å². The van der Waals surface area contributed by atoms with E-state index in [0.717, 1.165) is 32.1 Å². The summed E-state index contributed by atoms with van der Waals surface area (Å²) in [5.74, 6) is -0.928. The second-order valence-electron chi connectivity index (χ2n) is 7.82. The van der Waals surface area contributed by atoms with Gasteiger partial charge >= 0.3 is 0 Å². The molecule has 4 rings (SSSR count). The van der Waals surface area contributed by atoms with Crippen LogP contribution >= 0.6 is 11.6 Å². The lowest BCUT2D eigenvalue weighted by atomic mass is 9.83. The number of hydrogen-bond donors (Lipinski definition) is 0. The molecule has 2 aromatic carbocycles. The van der Waals surface area contributed by atoms with Crippen LogP contribution < -0.4 is 4.90 Å². The third-order valence-electron chi connectivity index (χ3n) is 5.76. The van der Waals surface area contributed by atoms with Crippen molar-refractivity contribution in [3.8, 4) is 0 Å². The fourth-order valence-electron chi connectivity index (χ4n) is 4.34. The molecule has 0 N–H and O–H groups in total. The molecular weight excluding hydrogens is 400 g/mol. The van der Waals surface area contributed by atoms with Gasteiger partial charge in [0, 0.05) is 28.8 Å². The zero-order valence-corrected chi connectivity index (χ0v) is 17.6. The summed E-state index contributed by atoms with van der Waals surface area (Å²) in [7, 11) is 0. The third kappa shape index (κ3) is 3.82. The van der Waals surface area contributed by atoms with Crippen molar-refractivity contribution in [1.29, 1.82) is 0 Å². The van der Waals surface area contributed by atoms with E-state index in [-0.39, 0.29) is 29.2 Å². The number of rotatable bonds is 3. The van der Waals surface area contributed by atoms with Crippen LogP contribution in [0.1, 0.15) is 59.7 Å². The quantitative estimate of drug-likeness (QED) is 0.705. The van der Waals surface area contributed by atoms with E-state index >= 15 is 0 Å². The average molecular weight is 423 g/mol. The van der Waals surface area contributed by atoms with Crippen LogP contribution in [0.15, 0.2) is 53.5 Å². The highest BCUT2D eigenvalue weighted by molar-refractivity contribution is 6.56. The molecule has 154 valence electrons. The number of aliphatic imine (C=N–C) groups is 1. The van der Waals surface area contributed by atoms with Crippen LogP contribution in [0, 0.1) is 0 Å². The van der Waals surface area contributed by atoms with Gasteiger partial charge in [-0.1, -0.05) is 61.2 Å². The molecule has 0 radical (unpaired) electrons. The first kappa shape index (κ1) is 20.5. The fraction of sp³-hybridized carbons (Fsp3) is 0.333. The predicted molar refractivity (Wildman–Crippen MR) is 118 cm³/mol. The maximum Gasteiger partial charge on any atom is 0.224 e. The zero-order valence-electron chi connectivity index (χ0n) is 16.8. The first-order valence-corrected chi connectivity index (χ1v) is 10.7. The standard InChI is InChI=1S/C24H23ClN2O3/c1-15(28)27(18-11-7-8-16(25)14-18)22-21(26-17-9-3-2-4-10-17)23(29)19-12-5-6-13-20(19)24(22)30/h5-8,11-14,17,22H,2-4,9-10H2,1H3/t22-/m0/s1. The van der Waals surface area contributed by atoms with Crippen molar-refractivity contribution in [3.63, 3.8) is 0 Å². The van der Waals surface area contributed by atoms with Crippen molar-refractivity contribution in [2.75, 3.05) is 4.90 Å². The molecule has 5 nitrogen and oxygen atoms in total. The molecule has 0 unspecified atom stereocenters. The van der Waals surface area contributed by atoms with Gasteiger partial charge in [0.05, 0.1) is 6.04 Å². The topological polar surface area (TPSA) is 66.8 Å². The van der Waals surface area contributed by atoms with Gasteiger partial charge in [-0.25, -0.2) is 0 Å². The van der Waals surface area contributed by atoms with E-state index in [1.807, 2.05) is 0 Å². The Bertz CT molecular complexity index is 1040. The molecular formula is C24H23ClN2O3. The maximum absolute atomic E-state index is 13.6. The normalized spacial score (nSPS) is 20.9. The molecule has 0 heterocycles. The molecule has 1 atom stereocenters. The van der Waals surface area contributed by atoms with Gasteiger partial charge in [-0.15, -0.1) is 0 Å². The van der Waals surface area contributed by atoms with Crippen LogP contribution in [0.5, 0.6) is 0 Å². The summed E-state index contributed by atoms with van der Waals surface area (Å²) in [6.45, 7) is 1.39. The summed E-state index contributed by atoms with van der Waals surface area (Å²) in [4.78, 5) is 45.8. The highest BCUT2D eigenvalue weighted by atomic mass is 35.5. The Kier molecular flexibility index (Phi) is 5.82. The number of anilines is 1. The lowest BCUT2D eigenvalue weighted by Gasteiger charge is -2.34. The monoisotopic (exact) mass is 422 g/mol. The van der Waals surface area contributed by atoms with Crippen LogP contribution in [0.3, 0.4) is 0 Å². The van der Waals surface area contributed by atoms with Crippen molar-refractivity contribution in [3.05, 3.63) is 64.7 Å². The molecule has 0 aromatic heterocycles. The Hall–Kier alpha value is -2.79. The van der Waals surface area contributed by atoms with Crippen LogP contribution in [0.4, 0.5) is 5.69 Å². The van der Waals surface area contributed by atoms with Crippen molar-refractivity contribution in [2.24, 2.45) is 4.99 Å². The summed E-state index contributed by atoms with van der Waals surface area (Å²) in [5.41, 5.74) is 1.30. The zero-order chi connectivity index (χ0) is 21.3. The first-order chi connectivity index (χ1) is 14.5. The van der Waals surface area contributed by atoms with Gasteiger partial charge in [0.2, 0.25) is 11.7 Å². The SMILES string of the molecule is CC(=O)N(c1cccc(Cl)c1)[C@@H]1C(=O)c2ccccc2C(=O)C1=NC1CCCCC1. The van der Waals surface area contributed by atoms with E-state index in [0.29, 0.717) is 21.8 Å². The Balaban J connectivity index is 1.88. The van der Waals surface area contributed by atoms with E-state index in [4.69, 9.17) is 16.6 Å². The summed E-state index contributed by atoms with van der Waals surface area (Å²) < 4.78 is 0. The molecule has 1 fully saturated rings. The highest BCUT2D eigenvalue weighted by Crippen LogP contribution is 2.30. The molecule has 30 heavy (non-hydrogen) atoms. The van der Waals surface area contributed by atoms with Crippen molar-refractivity contribution < 1.29 is 14.4 Å². The third-order valence-corrected chi connectivity index (χ3v) is 5.99. The molecule has 2 aliphatic rings. The lowest BCUT2D eigenvalue weighted by molar-refractivity contribution is -0.116. The second-order valence-corrected chi connectivity index (χ2v) is 8.25.